The molecule has 0 spiro atoms. The zero-order valence-electron chi connectivity index (χ0n) is 22.8. The lowest BCUT2D eigenvalue weighted by Crippen LogP contribution is -2.28. The van der Waals surface area contributed by atoms with E-state index < -0.39 is 11.9 Å². The van der Waals surface area contributed by atoms with E-state index in [0.717, 1.165) is 57.8 Å². The third-order valence-electron chi connectivity index (χ3n) is 6.13. The topological polar surface area (TPSA) is 93.5 Å². The second-order valence-corrected chi connectivity index (χ2v) is 9.33. The number of carbonyl (C=O) groups excluding carboxylic acids is 1. The molecule has 1 saturated heterocycles. The fraction of sp³-hybridized carbons (Fsp3) is 0.516. The minimum Gasteiger partial charge on any atom is -0.394 e. The minimum absolute atomic E-state index is 0.0604. The first-order chi connectivity index (χ1) is 18.6. The van der Waals surface area contributed by atoms with Crippen molar-refractivity contribution in [2.75, 3.05) is 11.9 Å². The summed E-state index contributed by atoms with van der Waals surface area (Å²) < 4.78 is 7.02. The van der Waals surface area contributed by atoms with E-state index in [1.54, 1.807) is 12.3 Å². The van der Waals surface area contributed by atoms with Gasteiger partial charge in [0, 0.05) is 12.6 Å². The van der Waals surface area contributed by atoms with Crippen molar-refractivity contribution < 1.29 is 14.6 Å². The molecular formula is C31H45N3O4. The number of allylic oxidation sites excluding steroid dienone is 10. The Morgan fingerprint density at radius 2 is 1.61 bits per heavy atom. The number of hydrogen-bond acceptors (Lipinski definition) is 5. The van der Waals surface area contributed by atoms with E-state index in [2.05, 4.69) is 78.0 Å². The van der Waals surface area contributed by atoms with Crippen molar-refractivity contribution in [1.29, 1.82) is 0 Å². The maximum Gasteiger partial charge on any atom is 0.351 e. The van der Waals surface area contributed by atoms with E-state index in [0.29, 0.717) is 19.3 Å². The van der Waals surface area contributed by atoms with Crippen molar-refractivity contribution in [2.45, 2.75) is 96.3 Å². The molecule has 7 heteroatoms. The quantitative estimate of drug-likeness (QED) is 0.168. The number of carbonyl (C=O) groups is 1. The fourth-order valence-corrected chi connectivity index (χ4v) is 4.03. The maximum absolute atomic E-state index is 12.3. The number of anilines is 1. The number of ether oxygens (including phenoxy) is 1. The van der Waals surface area contributed by atoms with Crippen LogP contribution in [0.15, 0.2) is 77.8 Å². The van der Waals surface area contributed by atoms with Gasteiger partial charge in [0.05, 0.1) is 12.7 Å². The molecule has 1 aliphatic rings. The monoisotopic (exact) mass is 523 g/mol. The SMILES string of the molecule is CCC=CCC=CCC=CCC=CCC=CCCCCCC(=O)Nc1ccn([C@@H]2CC[C@@H](CO)O2)c(=O)n1. The molecule has 1 aliphatic heterocycles. The lowest BCUT2D eigenvalue weighted by molar-refractivity contribution is -0.116. The number of nitrogens with one attached hydrogen (secondary N) is 1. The Labute approximate surface area is 227 Å². The Balaban J connectivity index is 1.49. The molecule has 0 bridgehead atoms. The first kappa shape index (κ1) is 31.2. The van der Waals surface area contributed by atoms with Gasteiger partial charge >= 0.3 is 5.69 Å². The van der Waals surface area contributed by atoms with Crippen LogP contribution in [-0.4, -0.2) is 33.3 Å². The Kier molecular flexibility index (Phi) is 16.4. The van der Waals surface area contributed by atoms with Gasteiger partial charge in [-0.3, -0.25) is 9.36 Å². The van der Waals surface area contributed by atoms with Crippen molar-refractivity contribution in [2.24, 2.45) is 0 Å². The molecule has 7 nitrogen and oxygen atoms in total. The van der Waals surface area contributed by atoms with Crippen molar-refractivity contribution in [3.8, 4) is 0 Å². The number of aromatic nitrogens is 2. The van der Waals surface area contributed by atoms with Gasteiger partial charge < -0.3 is 15.2 Å². The van der Waals surface area contributed by atoms with Crippen LogP contribution in [0.1, 0.15) is 90.2 Å². The van der Waals surface area contributed by atoms with Gasteiger partial charge in [-0.05, 0) is 70.3 Å². The van der Waals surface area contributed by atoms with Gasteiger partial charge in [-0.2, -0.15) is 4.98 Å². The third kappa shape index (κ3) is 13.5. The van der Waals surface area contributed by atoms with Crippen molar-refractivity contribution in [3.05, 3.63) is 83.5 Å². The van der Waals surface area contributed by atoms with Gasteiger partial charge in [0.15, 0.2) is 0 Å². The molecule has 2 atom stereocenters. The number of aliphatic hydroxyl groups is 1. The van der Waals surface area contributed by atoms with E-state index in [9.17, 15) is 14.7 Å². The van der Waals surface area contributed by atoms with E-state index in [4.69, 9.17) is 4.74 Å². The van der Waals surface area contributed by atoms with Crippen LogP contribution in [0.2, 0.25) is 0 Å². The smallest absolute Gasteiger partial charge is 0.351 e. The molecule has 0 unspecified atom stereocenters. The lowest BCUT2D eigenvalue weighted by atomic mass is 10.1. The summed E-state index contributed by atoms with van der Waals surface area (Å²) in [6.45, 7) is 2.09. The summed E-state index contributed by atoms with van der Waals surface area (Å²) in [6.07, 6.45) is 33.5. The van der Waals surface area contributed by atoms with E-state index >= 15 is 0 Å². The molecule has 1 aromatic rings. The van der Waals surface area contributed by atoms with E-state index in [1.165, 1.54) is 4.57 Å². The molecule has 0 aromatic carbocycles. The van der Waals surface area contributed by atoms with Crippen LogP contribution in [0.5, 0.6) is 0 Å². The largest absolute Gasteiger partial charge is 0.394 e. The van der Waals surface area contributed by atoms with E-state index in [-0.39, 0.29) is 24.4 Å². The molecule has 2 heterocycles. The van der Waals surface area contributed by atoms with Crippen LogP contribution in [0.3, 0.4) is 0 Å². The minimum atomic E-state index is -0.469. The normalized spacial score (nSPS) is 18.3. The van der Waals surface area contributed by atoms with Crippen LogP contribution in [0.25, 0.3) is 0 Å². The Morgan fingerprint density at radius 3 is 2.18 bits per heavy atom. The zero-order valence-corrected chi connectivity index (χ0v) is 22.8. The first-order valence-corrected chi connectivity index (χ1v) is 14.0. The predicted molar refractivity (Wildman–Crippen MR) is 155 cm³/mol. The zero-order chi connectivity index (χ0) is 27.3. The molecule has 1 aromatic heterocycles. The van der Waals surface area contributed by atoms with Crippen LogP contribution in [0, 0.1) is 0 Å². The maximum atomic E-state index is 12.3. The van der Waals surface area contributed by atoms with Crippen LogP contribution in [0.4, 0.5) is 5.82 Å². The van der Waals surface area contributed by atoms with Crippen LogP contribution < -0.4 is 11.0 Å². The molecule has 2 N–H and O–H groups in total. The van der Waals surface area contributed by atoms with Gasteiger partial charge in [0.2, 0.25) is 5.91 Å². The Hall–Kier alpha value is -3.03. The highest BCUT2D eigenvalue weighted by molar-refractivity contribution is 5.89. The third-order valence-corrected chi connectivity index (χ3v) is 6.13. The molecule has 0 saturated carbocycles. The predicted octanol–water partition coefficient (Wildman–Crippen LogP) is 6.55. The summed E-state index contributed by atoms with van der Waals surface area (Å²) in [5.74, 6) is 0.119. The molecule has 1 fully saturated rings. The molecule has 208 valence electrons. The average Bonchev–Trinajstić information content (AvgIpc) is 3.39. The van der Waals surface area contributed by atoms with Gasteiger partial charge in [-0.15, -0.1) is 0 Å². The number of amides is 1. The van der Waals surface area contributed by atoms with Crippen molar-refractivity contribution in [3.63, 3.8) is 0 Å². The molecule has 1 amide bonds. The summed E-state index contributed by atoms with van der Waals surface area (Å²) in [7, 11) is 0. The summed E-state index contributed by atoms with van der Waals surface area (Å²) in [5, 5.41) is 11.9. The number of aliphatic hydroxyl groups excluding tert-OH is 1. The van der Waals surface area contributed by atoms with Crippen LogP contribution in [-0.2, 0) is 9.53 Å². The fourth-order valence-electron chi connectivity index (χ4n) is 4.03. The second kappa shape index (κ2) is 20.0. The highest BCUT2D eigenvalue weighted by Crippen LogP contribution is 2.26. The highest BCUT2D eigenvalue weighted by atomic mass is 16.5. The number of hydrogen-bond donors (Lipinski definition) is 2. The molecule has 0 radical (unpaired) electrons. The summed E-state index contributed by atoms with van der Waals surface area (Å²) in [5.41, 5.74) is -0.469. The van der Waals surface area contributed by atoms with Crippen LogP contribution >= 0.6 is 0 Å². The van der Waals surface area contributed by atoms with Gasteiger partial charge in [-0.25, -0.2) is 4.79 Å². The van der Waals surface area contributed by atoms with Crippen molar-refractivity contribution in [1.82, 2.24) is 9.55 Å². The average molecular weight is 524 g/mol. The van der Waals surface area contributed by atoms with Gasteiger partial charge in [0.25, 0.3) is 0 Å². The molecule has 38 heavy (non-hydrogen) atoms. The molecular weight excluding hydrogens is 478 g/mol. The number of nitrogens with zero attached hydrogens (tertiary/aromatic N) is 2. The lowest BCUT2D eigenvalue weighted by Gasteiger charge is -2.15. The molecule has 0 aliphatic carbocycles. The summed E-state index contributed by atoms with van der Waals surface area (Å²) in [4.78, 5) is 28.4. The molecule has 2 rings (SSSR count). The number of rotatable bonds is 18. The van der Waals surface area contributed by atoms with E-state index in [1.807, 2.05) is 0 Å². The first-order valence-electron chi connectivity index (χ1n) is 14.0. The van der Waals surface area contributed by atoms with Crippen molar-refractivity contribution >= 4 is 11.7 Å². The number of unbranched alkanes of at least 4 members (excludes halogenated alkanes) is 3. The Bertz CT molecular complexity index is 1010. The van der Waals surface area contributed by atoms with Gasteiger partial charge in [0.1, 0.15) is 12.0 Å². The summed E-state index contributed by atoms with van der Waals surface area (Å²) in [6, 6.07) is 1.61. The second-order valence-electron chi connectivity index (χ2n) is 9.33. The Morgan fingerprint density at radius 1 is 0.974 bits per heavy atom. The highest BCUT2D eigenvalue weighted by Gasteiger charge is 2.26. The standard InChI is InChI=1S/C31H45N3O4/c1-2-3-4-5-6-7-8-9-10-11-12-13-14-15-16-17-18-19-20-21-29(36)32-28-24-25-34(31(37)33-28)30-23-22-27(26-35)38-30/h3-4,6-7,9-10,12-13,15-16,24-25,27,30,35H,2,5,8,11,14,17-23,26H2,1H3,(H,32,33,36,37)/t27-,30-/m0/s1. The summed E-state index contributed by atoms with van der Waals surface area (Å²) >= 11 is 0. The van der Waals surface area contributed by atoms with Gasteiger partial charge in [-0.1, -0.05) is 74.1 Å².